The van der Waals surface area contributed by atoms with Crippen molar-refractivity contribution in [2.24, 2.45) is 0 Å². The van der Waals surface area contributed by atoms with Crippen molar-refractivity contribution in [2.45, 2.75) is 0 Å². The molecule has 7 nitrogen and oxygen atoms in total. The van der Waals surface area contributed by atoms with E-state index in [0.29, 0.717) is 11.1 Å². The number of aromatic hydroxyl groups is 1. The van der Waals surface area contributed by atoms with Crippen LogP contribution in [0.15, 0.2) is 36.5 Å². The fourth-order valence-corrected chi connectivity index (χ4v) is 2.02. The number of fused-ring (bicyclic) bond motifs is 1. The number of carboxylic acid groups (broad SMARTS) is 1. The monoisotopic (exact) mass is 270 g/mol. The first kappa shape index (κ1) is 12.0. The topological polar surface area (TPSA) is 114 Å². The molecule has 2 heterocycles. The zero-order chi connectivity index (χ0) is 14.3. The van der Waals surface area contributed by atoms with Gasteiger partial charge in [0.25, 0.3) is 0 Å². The number of carboxylic acids is 1. The van der Waals surface area contributed by atoms with Gasteiger partial charge in [-0.2, -0.15) is 4.98 Å². The minimum absolute atomic E-state index is 0.0121. The number of aromatic nitrogens is 3. The van der Waals surface area contributed by atoms with Gasteiger partial charge in [-0.25, -0.2) is 9.31 Å². The average Bonchev–Trinajstić information content (AvgIpc) is 2.77. The number of hydrogen-bond acceptors (Lipinski definition) is 5. The summed E-state index contributed by atoms with van der Waals surface area (Å²) in [6, 6.07) is 8.07. The van der Waals surface area contributed by atoms with Crippen LogP contribution >= 0.6 is 0 Å². The molecule has 4 N–H and O–H groups in total. The van der Waals surface area contributed by atoms with Crippen LogP contribution in [0.4, 0.5) is 5.95 Å². The third kappa shape index (κ3) is 1.81. The Morgan fingerprint density at radius 3 is 2.75 bits per heavy atom. The SMILES string of the molecule is Nc1nc2c(C(=O)O)cc(-c3ccccc3O)cn2n1. The van der Waals surface area contributed by atoms with Gasteiger partial charge in [-0.05, 0) is 12.1 Å². The van der Waals surface area contributed by atoms with Crippen LogP contribution in [0.3, 0.4) is 0 Å². The number of anilines is 1. The van der Waals surface area contributed by atoms with Crippen LogP contribution in [0.2, 0.25) is 0 Å². The van der Waals surface area contributed by atoms with Crippen LogP contribution < -0.4 is 5.73 Å². The number of nitrogens with zero attached hydrogens (tertiary/aromatic N) is 3. The molecular formula is C13H10N4O3. The lowest BCUT2D eigenvalue weighted by Gasteiger charge is -2.06. The molecule has 0 aliphatic carbocycles. The van der Waals surface area contributed by atoms with E-state index in [0.717, 1.165) is 0 Å². The van der Waals surface area contributed by atoms with E-state index in [2.05, 4.69) is 10.1 Å². The summed E-state index contributed by atoms with van der Waals surface area (Å²) in [5.74, 6) is -1.10. The van der Waals surface area contributed by atoms with Gasteiger partial charge in [0.1, 0.15) is 11.3 Å². The molecule has 0 aliphatic rings. The number of pyridine rings is 1. The molecule has 100 valence electrons. The summed E-state index contributed by atoms with van der Waals surface area (Å²) in [5.41, 5.74) is 6.64. The number of phenolic OH excluding ortho intramolecular Hbond substituents is 1. The first-order chi connectivity index (χ1) is 9.56. The zero-order valence-corrected chi connectivity index (χ0v) is 10.2. The van der Waals surface area contributed by atoms with E-state index in [-0.39, 0.29) is 22.9 Å². The van der Waals surface area contributed by atoms with Crippen LogP contribution in [-0.4, -0.2) is 30.8 Å². The molecule has 0 amide bonds. The highest BCUT2D eigenvalue weighted by Gasteiger charge is 2.16. The summed E-state index contributed by atoms with van der Waals surface area (Å²) in [4.78, 5) is 15.2. The summed E-state index contributed by atoms with van der Waals surface area (Å²) in [6.45, 7) is 0. The Labute approximate surface area is 112 Å². The molecular weight excluding hydrogens is 260 g/mol. The number of phenols is 1. The van der Waals surface area contributed by atoms with E-state index in [9.17, 15) is 15.0 Å². The van der Waals surface area contributed by atoms with Crippen LogP contribution in [0.5, 0.6) is 5.75 Å². The lowest BCUT2D eigenvalue weighted by atomic mass is 10.0. The zero-order valence-electron chi connectivity index (χ0n) is 10.2. The molecule has 0 unspecified atom stereocenters. The Balaban J connectivity index is 2.33. The van der Waals surface area contributed by atoms with E-state index < -0.39 is 5.97 Å². The summed E-state index contributed by atoms with van der Waals surface area (Å²) in [5, 5.41) is 23.0. The first-order valence-electron chi connectivity index (χ1n) is 5.74. The molecule has 0 aliphatic heterocycles. The maximum atomic E-state index is 11.3. The number of benzene rings is 1. The van der Waals surface area contributed by atoms with Crippen molar-refractivity contribution in [1.82, 2.24) is 14.6 Å². The molecule has 1 aromatic carbocycles. The fraction of sp³-hybridized carbons (Fsp3) is 0. The number of carbonyl (C=O) groups is 1. The van der Waals surface area contributed by atoms with E-state index in [1.54, 1.807) is 24.4 Å². The predicted molar refractivity (Wildman–Crippen MR) is 71.5 cm³/mol. The molecule has 0 radical (unpaired) electrons. The van der Waals surface area contributed by atoms with Gasteiger partial charge in [0.05, 0.1) is 0 Å². The second-order valence-electron chi connectivity index (χ2n) is 4.20. The van der Waals surface area contributed by atoms with Crippen molar-refractivity contribution in [3.05, 3.63) is 42.1 Å². The summed E-state index contributed by atoms with van der Waals surface area (Å²) in [6.07, 6.45) is 1.57. The highest BCUT2D eigenvalue weighted by atomic mass is 16.4. The lowest BCUT2D eigenvalue weighted by molar-refractivity contribution is 0.0698. The van der Waals surface area contributed by atoms with E-state index in [1.165, 1.54) is 16.6 Å². The number of hydrogen-bond donors (Lipinski definition) is 3. The molecule has 7 heteroatoms. The highest BCUT2D eigenvalue weighted by Crippen LogP contribution is 2.30. The minimum atomic E-state index is -1.14. The summed E-state index contributed by atoms with van der Waals surface area (Å²) < 4.78 is 1.29. The quantitative estimate of drug-likeness (QED) is 0.648. The van der Waals surface area contributed by atoms with Crippen molar-refractivity contribution in [1.29, 1.82) is 0 Å². The molecule has 3 aromatic rings. The third-order valence-electron chi connectivity index (χ3n) is 2.90. The number of aromatic carboxylic acids is 1. The highest BCUT2D eigenvalue weighted by molar-refractivity contribution is 5.96. The second kappa shape index (κ2) is 4.23. The molecule has 0 fully saturated rings. The molecule has 0 atom stereocenters. The van der Waals surface area contributed by atoms with Gasteiger partial charge in [0.2, 0.25) is 5.95 Å². The average molecular weight is 270 g/mol. The summed E-state index contributed by atoms with van der Waals surface area (Å²) in [7, 11) is 0. The van der Waals surface area contributed by atoms with Crippen molar-refractivity contribution in [3.8, 4) is 16.9 Å². The lowest BCUT2D eigenvalue weighted by Crippen LogP contribution is -2.02. The molecule has 20 heavy (non-hydrogen) atoms. The van der Waals surface area contributed by atoms with Gasteiger partial charge in [-0.15, -0.1) is 5.10 Å². The standard InChI is InChI=1S/C13H10N4O3/c14-13-15-11-9(12(19)20)5-7(6-17(11)16-13)8-3-1-2-4-10(8)18/h1-6,18H,(H2,14,16)(H,19,20). The smallest absolute Gasteiger partial charge is 0.339 e. The van der Waals surface area contributed by atoms with E-state index >= 15 is 0 Å². The second-order valence-corrected chi connectivity index (χ2v) is 4.20. The van der Waals surface area contributed by atoms with Gasteiger partial charge < -0.3 is 15.9 Å². The molecule has 0 saturated carbocycles. The van der Waals surface area contributed by atoms with Crippen LogP contribution in [0.1, 0.15) is 10.4 Å². The Kier molecular flexibility index (Phi) is 2.53. The molecule has 0 bridgehead atoms. The van der Waals surface area contributed by atoms with E-state index in [1.807, 2.05) is 0 Å². The number of nitrogen functional groups attached to an aromatic ring is 1. The number of para-hydroxylation sites is 1. The van der Waals surface area contributed by atoms with Crippen molar-refractivity contribution in [2.75, 3.05) is 5.73 Å². The Hall–Kier alpha value is -3.09. The normalized spacial score (nSPS) is 10.8. The number of rotatable bonds is 2. The van der Waals surface area contributed by atoms with Gasteiger partial charge >= 0.3 is 5.97 Å². The van der Waals surface area contributed by atoms with Crippen LogP contribution in [-0.2, 0) is 0 Å². The molecule has 0 saturated heterocycles. The molecule has 3 rings (SSSR count). The predicted octanol–water partition coefficient (Wildman–Crippen LogP) is 1.38. The van der Waals surface area contributed by atoms with Gasteiger partial charge in [0, 0.05) is 17.3 Å². The van der Waals surface area contributed by atoms with Gasteiger partial charge in [-0.1, -0.05) is 18.2 Å². The minimum Gasteiger partial charge on any atom is -0.507 e. The van der Waals surface area contributed by atoms with Crippen LogP contribution in [0, 0.1) is 0 Å². The van der Waals surface area contributed by atoms with Gasteiger partial charge in [0.15, 0.2) is 5.65 Å². The van der Waals surface area contributed by atoms with E-state index in [4.69, 9.17) is 5.73 Å². The Morgan fingerprint density at radius 2 is 2.05 bits per heavy atom. The van der Waals surface area contributed by atoms with Crippen molar-refractivity contribution in [3.63, 3.8) is 0 Å². The summed E-state index contributed by atoms with van der Waals surface area (Å²) >= 11 is 0. The van der Waals surface area contributed by atoms with Crippen LogP contribution in [0.25, 0.3) is 16.8 Å². The molecule has 0 spiro atoms. The maximum absolute atomic E-state index is 11.3. The van der Waals surface area contributed by atoms with Crippen molar-refractivity contribution < 1.29 is 15.0 Å². The third-order valence-corrected chi connectivity index (χ3v) is 2.90. The Morgan fingerprint density at radius 1 is 1.30 bits per heavy atom. The number of nitrogens with two attached hydrogens (primary N) is 1. The Bertz CT molecular complexity index is 826. The largest absolute Gasteiger partial charge is 0.507 e. The van der Waals surface area contributed by atoms with Crippen molar-refractivity contribution >= 4 is 17.6 Å². The first-order valence-corrected chi connectivity index (χ1v) is 5.74. The fourth-order valence-electron chi connectivity index (χ4n) is 2.02. The van der Waals surface area contributed by atoms with Gasteiger partial charge in [-0.3, -0.25) is 0 Å². The molecule has 2 aromatic heterocycles. The maximum Gasteiger partial charge on any atom is 0.339 e.